The zero-order chi connectivity index (χ0) is 20.5. The average Bonchev–Trinajstić information content (AvgIpc) is 2.78. The van der Waals surface area contributed by atoms with Gasteiger partial charge < -0.3 is 5.32 Å². The van der Waals surface area contributed by atoms with Crippen LogP contribution in [0.2, 0.25) is 0 Å². The maximum Gasteiger partial charge on any atom is 0.259 e. The zero-order valence-corrected chi connectivity index (χ0v) is 16.2. The van der Waals surface area contributed by atoms with Crippen molar-refractivity contribution < 1.29 is 9.59 Å². The molecule has 3 rings (SSSR count). The van der Waals surface area contributed by atoms with Crippen molar-refractivity contribution in [2.45, 2.75) is 12.8 Å². The molecule has 0 radical (unpaired) electrons. The number of hydrazone groups is 1. The first-order valence-corrected chi connectivity index (χ1v) is 9.41. The molecule has 0 aliphatic carbocycles. The second-order valence-corrected chi connectivity index (χ2v) is 6.57. The molecule has 29 heavy (non-hydrogen) atoms. The van der Waals surface area contributed by atoms with E-state index in [0.29, 0.717) is 5.71 Å². The van der Waals surface area contributed by atoms with Gasteiger partial charge in [-0.2, -0.15) is 5.10 Å². The molecule has 0 spiro atoms. The van der Waals surface area contributed by atoms with Crippen LogP contribution in [-0.2, 0) is 9.59 Å². The average molecular weight is 385 g/mol. The third kappa shape index (κ3) is 5.62. The molecule has 0 saturated carbocycles. The predicted molar refractivity (Wildman–Crippen MR) is 115 cm³/mol. The van der Waals surface area contributed by atoms with Crippen LogP contribution in [0.3, 0.4) is 0 Å². The second-order valence-electron chi connectivity index (χ2n) is 6.57. The molecule has 0 bridgehead atoms. The van der Waals surface area contributed by atoms with Gasteiger partial charge in [0.2, 0.25) is 5.91 Å². The largest absolute Gasteiger partial charge is 0.346 e. The molecule has 2 N–H and O–H groups in total. The summed E-state index contributed by atoms with van der Waals surface area (Å²) in [5.41, 5.74) is 5.84. The van der Waals surface area contributed by atoms with E-state index in [1.54, 1.807) is 0 Å². The Bertz CT molecular complexity index is 931. The number of nitrogens with one attached hydrogen (secondary N) is 2. The number of hydrogen-bond acceptors (Lipinski definition) is 3. The smallest absolute Gasteiger partial charge is 0.259 e. The lowest BCUT2D eigenvalue weighted by atomic mass is 9.90. The number of carbonyl (C=O) groups is 2. The number of benzene rings is 3. The topological polar surface area (TPSA) is 70.6 Å². The molecule has 3 aromatic carbocycles. The molecule has 0 unspecified atom stereocenters. The second kappa shape index (κ2) is 9.99. The highest BCUT2D eigenvalue weighted by molar-refractivity contribution is 5.99. The van der Waals surface area contributed by atoms with Crippen LogP contribution < -0.4 is 10.7 Å². The van der Waals surface area contributed by atoms with Gasteiger partial charge in [-0.1, -0.05) is 91.0 Å². The Morgan fingerprint density at radius 2 is 1.28 bits per heavy atom. The van der Waals surface area contributed by atoms with Gasteiger partial charge in [-0.25, -0.2) is 5.43 Å². The number of amides is 2. The standard InChI is InChI=1S/C24H23N3O2/c1-18(19-11-5-2-6-12-19)26-27-22(28)17-25-24(29)23(20-13-7-3-8-14-20)21-15-9-4-10-16-21/h2-16,23H,17H2,1H3,(H,25,29)(H,27,28). The Morgan fingerprint density at radius 1 is 0.793 bits per heavy atom. The predicted octanol–water partition coefficient (Wildman–Crippen LogP) is 3.48. The SMILES string of the molecule is CC(=NNC(=O)CNC(=O)C(c1ccccc1)c1ccccc1)c1ccccc1. The Morgan fingerprint density at radius 3 is 1.79 bits per heavy atom. The van der Waals surface area contributed by atoms with Crippen molar-refractivity contribution in [2.75, 3.05) is 6.54 Å². The van der Waals surface area contributed by atoms with Gasteiger partial charge in [-0.3, -0.25) is 9.59 Å². The van der Waals surface area contributed by atoms with Crippen LogP contribution in [-0.4, -0.2) is 24.1 Å². The van der Waals surface area contributed by atoms with E-state index in [0.717, 1.165) is 16.7 Å². The molecule has 0 aromatic heterocycles. The molecule has 5 nitrogen and oxygen atoms in total. The minimum atomic E-state index is -0.486. The van der Waals surface area contributed by atoms with Crippen molar-refractivity contribution >= 4 is 17.5 Å². The lowest BCUT2D eigenvalue weighted by Gasteiger charge is -2.17. The summed E-state index contributed by atoms with van der Waals surface area (Å²) in [5.74, 6) is -1.10. The molecular weight excluding hydrogens is 362 g/mol. The zero-order valence-electron chi connectivity index (χ0n) is 16.2. The molecule has 3 aromatic rings. The molecule has 2 amide bonds. The highest BCUT2D eigenvalue weighted by atomic mass is 16.2. The normalized spacial score (nSPS) is 11.2. The summed E-state index contributed by atoms with van der Waals surface area (Å²) in [5, 5.41) is 6.82. The maximum absolute atomic E-state index is 12.9. The van der Waals surface area contributed by atoms with Crippen molar-refractivity contribution in [2.24, 2.45) is 5.10 Å². The van der Waals surface area contributed by atoms with Crippen molar-refractivity contribution in [3.63, 3.8) is 0 Å². The van der Waals surface area contributed by atoms with Crippen molar-refractivity contribution in [1.82, 2.24) is 10.7 Å². The first-order chi connectivity index (χ1) is 14.1. The lowest BCUT2D eigenvalue weighted by Crippen LogP contribution is -2.38. The fourth-order valence-corrected chi connectivity index (χ4v) is 2.99. The molecule has 146 valence electrons. The monoisotopic (exact) mass is 385 g/mol. The van der Waals surface area contributed by atoms with E-state index in [-0.39, 0.29) is 18.4 Å². The summed E-state index contributed by atoms with van der Waals surface area (Å²) < 4.78 is 0. The first kappa shape index (κ1) is 20.0. The molecule has 0 aliphatic rings. The molecule has 0 aliphatic heterocycles. The fraction of sp³-hybridized carbons (Fsp3) is 0.125. The van der Waals surface area contributed by atoms with Crippen LogP contribution in [0, 0.1) is 0 Å². The number of hydrogen-bond donors (Lipinski definition) is 2. The van der Waals surface area contributed by atoms with Crippen LogP contribution in [0.15, 0.2) is 96.1 Å². The summed E-state index contributed by atoms with van der Waals surface area (Å²) >= 11 is 0. The third-order valence-corrected chi connectivity index (χ3v) is 4.49. The Kier molecular flexibility index (Phi) is 6.90. The number of nitrogens with zero attached hydrogens (tertiary/aromatic N) is 1. The summed E-state index contributed by atoms with van der Waals surface area (Å²) in [6.45, 7) is 1.66. The van der Waals surface area contributed by atoms with Gasteiger partial charge in [0.25, 0.3) is 5.91 Å². The minimum Gasteiger partial charge on any atom is -0.346 e. The van der Waals surface area contributed by atoms with Crippen molar-refractivity contribution in [3.8, 4) is 0 Å². The number of rotatable bonds is 7. The van der Waals surface area contributed by atoms with E-state index < -0.39 is 5.92 Å². The van der Waals surface area contributed by atoms with E-state index >= 15 is 0 Å². The van der Waals surface area contributed by atoms with Gasteiger partial charge in [-0.05, 0) is 23.6 Å². The van der Waals surface area contributed by atoms with E-state index in [2.05, 4.69) is 15.8 Å². The third-order valence-electron chi connectivity index (χ3n) is 4.49. The quantitative estimate of drug-likeness (QED) is 0.483. The van der Waals surface area contributed by atoms with Crippen LogP contribution in [0.1, 0.15) is 29.5 Å². The van der Waals surface area contributed by atoms with E-state index in [4.69, 9.17) is 0 Å². The van der Waals surface area contributed by atoms with E-state index in [1.165, 1.54) is 0 Å². The van der Waals surface area contributed by atoms with Crippen molar-refractivity contribution in [3.05, 3.63) is 108 Å². The van der Waals surface area contributed by atoms with Crippen LogP contribution in [0.4, 0.5) is 0 Å². The Balaban J connectivity index is 1.64. The maximum atomic E-state index is 12.9. The van der Waals surface area contributed by atoms with E-state index in [9.17, 15) is 9.59 Å². The molecule has 0 fully saturated rings. The molecule has 0 saturated heterocycles. The molecule has 0 atom stereocenters. The van der Waals surface area contributed by atoms with Crippen LogP contribution in [0.25, 0.3) is 0 Å². The van der Waals surface area contributed by atoms with Gasteiger partial charge in [0.15, 0.2) is 0 Å². The minimum absolute atomic E-state index is 0.152. The highest BCUT2D eigenvalue weighted by Gasteiger charge is 2.22. The van der Waals surface area contributed by atoms with Gasteiger partial charge in [0.1, 0.15) is 0 Å². The molecular formula is C24H23N3O2. The molecule has 0 heterocycles. The van der Waals surface area contributed by atoms with Gasteiger partial charge >= 0.3 is 0 Å². The number of carbonyl (C=O) groups excluding carboxylic acids is 2. The summed E-state index contributed by atoms with van der Waals surface area (Å²) in [7, 11) is 0. The van der Waals surface area contributed by atoms with Crippen LogP contribution >= 0.6 is 0 Å². The van der Waals surface area contributed by atoms with Gasteiger partial charge in [0, 0.05) is 0 Å². The Hall–Kier alpha value is -3.73. The van der Waals surface area contributed by atoms with Gasteiger partial charge in [0.05, 0.1) is 18.2 Å². The summed E-state index contributed by atoms with van der Waals surface area (Å²) in [6, 6.07) is 28.6. The van der Waals surface area contributed by atoms with Gasteiger partial charge in [-0.15, -0.1) is 0 Å². The van der Waals surface area contributed by atoms with Crippen molar-refractivity contribution in [1.29, 1.82) is 0 Å². The Labute approximate surface area is 170 Å². The summed E-state index contributed by atoms with van der Waals surface area (Å²) in [6.07, 6.45) is 0. The first-order valence-electron chi connectivity index (χ1n) is 9.41. The highest BCUT2D eigenvalue weighted by Crippen LogP contribution is 2.24. The summed E-state index contributed by atoms with van der Waals surface area (Å²) in [4.78, 5) is 25.0. The van der Waals surface area contributed by atoms with E-state index in [1.807, 2.05) is 97.9 Å². The van der Waals surface area contributed by atoms with Crippen LogP contribution in [0.5, 0.6) is 0 Å². The molecule has 5 heteroatoms. The fourth-order valence-electron chi connectivity index (χ4n) is 2.99. The lowest BCUT2D eigenvalue weighted by molar-refractivity contribution is -0.126.